The van der Waals surface area contributed by atoms with Crippen LogP contribution < -0.4 is 5.73 Å². The van der Waals surface area contributed by atoms with Crippen LogP contribution in [-0.2, 0) is 10.8 Å². The van der Waals surface area contributed by atoms with Crippen LogP contribution in [-0.4, -0.2) is 14.7 Å². The number of nitrogens with two attached hydrogens (primary N) is 1. The smallest absolute Gasteiger partial charge is 0.0433 e. The highest BCUT2D eigenvalue weighted by Crippen LogP contribution is 2.20. The first-order valence-corrected chi connectivity index (χ1v) is 7.25. The van der Waals surface area contributed by atoms with E-state index in [0.717, 1.165) is 5.56 Å². The molecule has 2 nitrogen and oxygen atoms in total. The lowest BCUT2D eigenvalue weighted by molar-refractivity contribution is 0.640. The van der Waals surface area contributed by atoms with Gasteiger partial charge in [-0.1, -0.05) is 18.2 Å². The summed E-state index contributed by atoms with van der Waals surface area (Å²) in [4.78, 5) is 0. The van der Waals surface area contributed by atoms with E-state index in [1.54, 1.807) is 0 Å². The van der Waals surface area contributed by atoms with Crippen LogP contribution in [0.5, 0.6) is 0 Å². The van der Waals surface area contributed by atoms with E-state index in [0.29, 0.717) is 5.75 Å². The van der Waals surface area contributed by atoms with Crippen LogP contribution in [0.3, 0.4) is 0 Å². The molecule has 0 aliphatic carbocycles. The third-order valence-electron chi connectivity index (χ3n) is 2.97. The molecule has 0 saturated heterocycles. The second kappa shape index (κ2) is 5.32. The zero-order valence-corrected chi connectivity index (χ0v) is 12.2. The highest BCUT2D eigenvalue weighted by Gasteiger charge is 2.22. The minimum Gasteiger partial charge on any atom is -0.323 e. The summed E-state index contributed by atoms with van der Waals surface area (Å²) in [5.74, 6) is 0.520. The predicted molar refractivity (Wildman–Crippen MR) is 75.6 cm³/mol. The largest absolute Gasteiger partial charge is 0.323 e. The van der Waals surface area contributed by atoms with Crippen LogP contribution in [0.15, 0.2) is 18.2 Å². The van der Waals surface area contributed by atoms with Crippen molar-refractivity contribution in [2.24, 2.45) is 5.73 Å². The standard InChI is InChI=1S/C14H23NOS/c1-10-6-7-12(8-11(10)2)13(15)9-17(16)14(3,4)5/h6-8,13H,9,15H2,1-5H3. The van der Waals surface area contributed by atoms with Crippen molar-refractivity contribution in [3.8, 4) is 0 Å². The lowest BCUT2D eigenvalue weighted by Gasteiger charge is -2.21. The lowest BCUT2D eigenvalue weighted by Crippen LogP contribution is -2.29. The molecule has 0 heterocycles. The van der Waals surface area contributed by atoms with E-state index in [1.807, 2.05) is 26.8 Å². The fourth-order valence-electron chi connectivity index (χ4n) is 1.50. The molecule has 0 aliphatic heterocycles. The van der Waals surface area contributed by atoms with Gasteiger partial charge in [-0.3, -0.25) is 4.21 Å². The topological polar surface area (TPSA) is 43.1 Å². The Morgan fingerprint density at radius 2 is 1.82 bits per heavy atom. The van der Waals surface area contributed by atoms with E-state index in [9.17, 15) is 4.21 Å². The molecule has 0 aromatic heterocycles. The molecule has 0 bridgehead atoms. The van der Waals surface area contributed by atoms with Crippen molar-refractivity contribution in [1.82, 2.24) is 0 Å². The van der Waals surface area contributed by atoms with Gasteiger partial charge in [0.2, 0.25) is 0 Å². The van der Waals surface area contributed by atoms with Crippen LogP contribution in [0.4, 0.5) is 0 Å². The maximum atomic E-state index is 12.0. The van der Waals surface area contributed by atoms with Crippen molar-refractivity contribution in [3.63, 3.8) is 0 Å². The van der Waals surface area contributed by atoms with Crippen LogP contribution >= 0.6 is 0 Å². The number of aryl methyl sites for hydroxylation is 2. The second-order valence-corrected chi connectivity index (χ2v) is 7.82. The molecule has 0 aliphatic rings. The monoisotopic (exact) mass is 253 g/mol. The molecule has 1 rings (SSSR count). The summed E-state index contributed by atoms with van der Waals surface area (Å²) in [6.07, 6.45) is 0. The Kier molecular flexibility index (Phi) is 4.50. The molecule has 1 aromatic rings. The molecule has 0 saturated carbocycles. The molecule has 2 atom stereocenters. The molecule has 0 radical (unpaired) electrons. The maximum Gasteiger partial charge on any atom is 0.0433 e. The molecule has 17 heavy (non-hydrogen) atoms. The molecule has 0 spiro atoms. The van der Waals surface area contributed by atoms with Gasteiger partial charge >= 0.3 is 0 Å². The van der Waals surface area contributed by atoms with Crippen LogP contribution in [0.25, 0.3) is 0 Å². The van der Waals surface area contributed by atoms with Crippen LogP contribution in [0.2, 0.25) is 0 Å². The average Bonchev–Trinajstić information content (AvgIpc) is 2.20. The normalized spacial score (nSPS) is 15.6. The van der Waals surface area contributed by atoms with Gasteiger partial charge in [0, 0.05) is 27.3 Å². The summed E-state index contributed by atoms with van der Waals surface area (Å²) >= 11 is 0. The van der Waals surface area contributed by atoms with Crippen LogP contribution in [0.1, 0.15) is 43.5 Å². The molecule has 96 valence electrons. The summed E-state index contributed by atoms with van der Waals surface area (Å²) in [6, 6.07) is 6.06. The summed E-state index contributed by atoms with van der Waals surface area (Å²) in [5.41, 5.74) is 9.69. The van der Waals surface area contributed by atoms with Gasteiger partial charge < -0.3 is 5.73 Å². The fraction of sp³-hybridized carbons (Fsp3) is 0.571. The Balaban J connectivity index is 2.80. The Morgan fingerprint density at radius 1 is 1.24 bits per heavy atom. The van der Waals surface area contributed by atoms with Crippen molar-refractivity contribution in [1.29, 1.82) is 0 Å². The van der Waals surface area contributed by atoms with E-state index in [2.05, 4.69) is 26.0 Å². The van der Waals surface area contributed by atoms with Crippen molar-refractivity contribution in [3.05, 3.63) is 34.9 Å². The van der Waals surface area contributed by atoms with E-state index in [1.165, 1.54) is 11.1 Å². The van der Waals surface area contributed by atoms with E-state index < -0.39 is 10.8 Å². The minimum absolute atomic E-state index is 0.144. The fourth-order valence-corrected chi connectivity index (χ4v) is 2.52. The first-order valence-electron chi connectivity index (χ1n) is 5.93. The summed E-state index contributed by atoms with van der Waals surface area (Å²) in [7, 11) is -0.905. The summed E-state index contributed by atoms with van der Waals surface area (Å²) < 4.78 is 11.8. The van der Waals surface area contributed by atoms with Gasteiger partial charge in [-0.15, -0.1) is 0 Å². The van der Waals surface area contributed by atoms with Crippen molar-refractivity contribution < 1.29 is 4.21 Å². The Hall–Kier alpha value is -0.670. The molecular formula is C14H23NOS. The number of rotatable bonds is 3. The molecule has 1 aromatic carbocycles. The Labute approximate surface area is 107 Å². The van der Waals surface area contributed by atoms with Gasteiger partial charge in [0.1, 0.15) is 0 Å². The molecule has 0 fully saturated rings. The third-order valence-corrected chi connectivity index (χ3v) is 5.00. The van der Waals surface area contributed by atoms with E-state index in [4.69, 9.17) is 5.73 Å². The third kappa shape index (κ3) is 3.93. The highest BCUT2D eigenvalue weighted by molar-refractivity contribution is 7.86. The SMILES string of the molecule is Cc1ccc(C(N)CS(=O)C(C)(C)C)cc1C. The van der Waals surface area contributed by atoms with Gasteiger partial charge in [-0.2, -0.15) is 0 Å². The highest BCUT2D eigenvalue weighted by atomic mass is 32.2. The predicted octanol–water partition coefficient (Wildman–Crippen LogP) is 2.85. The van der Waals surface area contributed by atoms with Crippen molar-refractivity contribution in [2.45, 2.75) is 45.4 Å². The van der Waals surface area contributed by atoms with Gasteiger partial charge in [-0.05, 0) is 51.3 Å². The zero-order chi connectivity index (χ0) is 13.2. The number of benzene rings is 1. The van der Waals surface area contributed by atoms with Gasteiger partial charge in [0.15, 0.2) is 0 Å². The quantitative estimate of drug-likeness (QED) is 0.900. The maximum absolute atomic E-state index is 12.0. The van der Waals surface area contributed by atoms with Crippen molar-refractivity contribution >= 4 is 10.8 Å². The summed E-state index contributed by atoms with van der Waals surface area (Å²) in [5, 5.41) is 0. The number of hydrogen-bond donors (Lipinski definition) is 1. The number of hydrogen-bond acceptors (Lipinski definition) is 2. The van der Waals surface area contributed by atoms with Crippen molar-refractivity contribution in [2.75, 3.05) is 5.75 Å². The lowest BCUT2D eigenvalue weighted by atomic mass is 10.0. The van der Waals surface area contributed by atoms with Gasteiger partial charge in [0.05, 0.1) is 0 Å². The Bertz CT molecular complexity index is 421. The second-order valence-electron chi connectivity index (χ2n) is 5.57. The Morgan fingerprint density at radius 3 is 2.29 bits per heavy atom. The van der Waals surface area contributed by atoms with Crippen LogP contribution in [0, 0.1) is 13.8 Å². The first-order chi connectivity index (χ1) is 7.71. The zero-order valence-electron chi connectivity index (χ0n) is 11.4. The van der Waals surface area contributed by atoms with Gasteiger partial charge in [-0.25, -0.2) is 0 Å². The molecule has 2 N–H and O–H groups in total. The molecule has 0 amide bonds. The van der Waals surface area contributed by atoms with E-state index >= 15 is 0 Å². The molecular weight excluding hydrogens is 230 g/mol. The van der Waals surface area contributed by atoms with Gasteiger partial charge in [0.25, 0.3) is 0 Å². The molecule has 3 heteroatoms. The minimum atomic E-state index is -0.905. The molecule has 2 unspecified atom stereocenters. The first kappa shape index (κ1) is 14.4. The summed E-state index contributed by atoms with van der Waals surface area (Å²) in [6.45, 7) is 10.1. The average molecular weight is 253 g/mol. The van der Waals surface area contributed by atoms with E-state index in [-0.39, 0.29) is 10.8 Å².